The van der Waals surface area contributed by atoms with Gasteiger partial charge in [0, 0.05) is 0 Å². The predicted octanol–water partition coefficient (Wildman–Crippen LogP) is 1.56. The van der Waals surface area contributed by atoms with Crippen LogP contribution in [0.5, 0.6) is 0 Å². The van der Waals surface area contributed by atoms with Crippen molar-refractivity contribution in [2.24, 2.45) is 11.3 Å². The van der Waals surface area contributed by atoms with Crippen LogP contribution >= 0.6 is 0 Å². The minimum atomic E-state index is 0.0475. The average Bonchev–Trinajstić information content (AvgIpc) is 1.77. The Hall–Kier alpha value is -0.0400. The first-order chi connectivity index (χ1) is 4.25. The molecule has 0 aromatic carbocycles. The summed E-state index contributed by atoms with van der Waals surface area (Å²) in [7, 11) is 0. The molecule has 1 nitrogen and oxygen atoms in total. The summed E-state index contributed by atoms with van der Waals surface area (Å²) in [6.45, 7) is 2.15. The minimum absolute atomic E-state index is 0.0475. The van der Waals surface area contributed by atoms with Crippen molar-refractivity contribution in [3.63, 3.8) is 0 Å². The van der Waals surface area contributed by atoms with Crippen molar-refractivity contribution in [3.8, 4) is 0 Å². The van der Waals surface area contributed by atoms with Crippen LogP contribution in [0.3, 0.4) is 0 Å². The number of aliphatic hydroxyl groups is 1. The van der Waals surface area contributed by atoms with Gasteiger partial charge in [-0.2, -0.15) is 0 Å². The van der Waals surface area contributed by atoms with E-state index >= 15 is 0 Å². The molecule has 9 heavy (non-hydrogen) atoms. The van der Waals surface area contributed by atoms with E-state index in [2.05, 4.69) is 6.92 Å². The lowest BCUT2D eigenvalue weighted by atomic mass is 9.50. The van der Waals surface area contributed by atoms with Crippen LogP contribution in [0.1, 0.15) is 32.6 Å². The first kappa shape index (κ1) is 5.72. The third kappa shape index (κ3) is 0.536. The second kappa shape index (κ2) is 1.51. The van der Waals surface area contributed by atoms with E-state index in [0.717, 1.165) is 0 Å². The molecule has 0 saturated heterocycles. The first-order valence-electron chi connectivity index (χ1n) is 3.93. The number of aliphatic hydroxyl groups excluding tert-OH is 1. The Morgan fingerprint density at radius 2 is 2.11 bits per heavy atom. The lowest BCUT2D eigenvalue weighted by molar-refractivity contribution is -0.157. The zero-order chi connectivity index (χ0) is 6.48. The highest BCUT2D eigenvalue weighted by Gasteiger charge is 2.54. The van der Waals surface area contributed by atoms with E-state index < -0.39 is 0 Å². The van der Waals surface area contributed by atoms with E-state index in [1.807, 2.05) is 0 Å². The van der Waals surface area contributed by atoms with Crippen LogP contribution in [0.4, 0.5) is 0 Å². The quantitative estimate of drug-likeness (QED) is 0.522. The summed E-state index contributed by atoms with van der Waals surface area (Å²) in [5, 5.41) is 9.49. The first-order valence-corrected chi connectivity index (χ1v) is 3.93. The maximum Gasteiger partial charge on any atom is 0.0622 e. The van der Waals surface area contributed by atoms with Crippen LogP contribution in [-0.4, -0.2) is 11.2 Å². The Balaban J connectivity index is 2.02. The maximum atomic E-state index is 9.49. The van der Waals surface area contributed by atoms with Gasteiger partial charge in [0.15, 0.2) is 0 Å². The monoisotopic (exact) mass is 126 g/mol. The van der Waals surface area contributed by atoms with Gasteiger partial charge in [0.2, 0.25) is 0 Å². The SMILES string of the molecule is CC1CC2(CCC2)C1O. The van der Waals surface area contributed by atoms with Crippen LogP contribution < -0.4 is 0 Å². The van der Waals surface area contributed by atoms with Crippen molar-refractivity contribution in [2.75, 3.05) is 0 Å². The van der Waals surface area contributed by atoms with E-state index in [0.29, 0.717) is 11.3 Å². The highest BCUT2D eigenvalue weighted by Crippen LogP contribution is 2.58. The van der Waals surface area contributed by atoms with Crippen LogP contribution in [0, 0.1) is 11.3 Å². The van der Waals surface area contributed by atoms with Crippen molar-refractivity contribution >= 4 is 0 Å². The summed E-state index contributed by atoms with van der Waals surface area (Å²) in [6.07, 6.45) is 5.26. The Labute approximate surface area is 56.1 Å². The number of hydrogen-bond acceptors (Lipinski definition) is 1. The number of hydrogen-bond donors (Lipinski definition) is 1. The maximum absolute atomic E-state index is 9.49. The molecule has 0 heterocycles. The molecule has 2 aliphatic carbocycles. The van der Waals surface area contributed by atoms with E-state index in [-0.39, 0.29) is 6.10 Å². The third-order valence-corrected chi connectivity index (χ3v) is 3.24. The molecule has 0 aromatic heterocycles. The molecule has 2 unspecified atom stereocenters. The van der Waals surface area contributed by atoms with E-state index in [1.165, 1.54) is 25.7 Å². The molecule has 2 atom stereocenters. The molecule has 2 saturated carbocycles. The molecule has 0 radical (unpaired) electrons. The van der Waals surface area contributed by atoms with Gasteiger partial charge in [0.05, 0.1) is 6.10 Å². The van der Waals surface area contributed by atoms with Gasteiger partial charge in [0.1, 0.15) is 0 Å². The molecular weight excluding hydrogens is 112 g/mol. The van der Waals surface area contributed by atoms with Gasteiger partial charge in [-0.15, -0.1) is 0 Å². The van der Waals surface area contributed by atoms with Crippen LogP contribution in [0.15, 0.2) is 0 Å². The van der Waals surface area contributed by atoms with Crippen molar-refractivity contribution in [1.82, 2.24) is 0 Å². The van der Waals surface area contributed by atoms with Gasteiger partial charge < -0.3 is 5.11 Å². The fraction of sp³-hybridized carbons (Fsp3) is 1.00. The summed E-state index contributed by atoms with van der Waals surface area (Å²) in [5.74, 6) is 0.588. The van der Waals surface area contributed by atoms with Gasteiger partial charge in [-0.3, -0.25) is 0 Å². The highest BCUT2D eigenvalue weighted by atomic mass is 16.3. The summed E-state index contributed by atoms with van der Waals surface area (Å²) >= 11 is 0. The molecule has 0 bridgehead atoms. The molecule has 0 aliphatic heterocycles. The average molecular weight is 126 g/mol. The molecular formula is C8H14O. The fourth-order valence-corrected chi connectivity index (χ4v) is 2.45. The zero-order valence-electron chi connectivity index (χ0n) is 5.93. The Bertz CT molecular complexity index is 127. The molecule has 0 amide bonds. The minimum Gasteiger partial charge on any atom is -0.392 e. The van der Waals surface area contributed by atoms with Crippen LogP contribution in [0.2, 0.25) is 0 Å². The summed E-state index contributed by atoms with van der Waals surface area (Å²) in [4.78, 5) is 0. The zero-order valence-corrected chi connectivity index (χ0v) is 5.93. The largest absolute Gasteiger partial charge is 0.392 e. The van der Waals surface area contributed by atoms with Gasteiger partial charge in [-0.1, -0.05) is 13.3 Å². The van der Waals surface area contributed by atoms with Gasteiger partial charge >= 0.3 is 0 Å². The molecule has 2 fully saturated rings. The molecule has 2 rings (SSSR count). The van der Waals surface area contributed by atoms with E-state index in [4.69, 9.17) is 0 Å². The molecule has 52 valence electrons. The Kier molecular flexibility index (Phi) is 0.963. The predicted molar refractivity (Wildman–Crippen MR) is 36.1 cm³/mol. The summed E-state index contributed by atoms with van der Waals surface area (Å²) < 4.78 is 0. The molecule has 1 heteroatoms. The summed E-state index contributed by atoms with van der Waals surface area (Å²) in [5.41, 5.74) is 0.430. The van der Waals surface area contributed by atoms with Crippen molar-refractivity contribution in [1.29, 1.82) is 0 Å². The van der Waals surface area contributed by atoms with Crippen molar-refractivity contribution in [3.05, 3.63) is 0 Å². The van der Waals surface area contributed by atoms with Gasteiger partial charge in [-0.05, 0) is 30.6 Å². The second-order valence-electron chi connectivity index (χ2n) is 3.84. The summed E-state index contributed by atoms with van der Waals surface area (Å²) in [6, 6.07) is 0. The van der Waals surface area contributed by atoms with E-state index in [9.17, 15) is 5.11 Å². The normalized spacial score (nSPS) is 46.0. The molecule has 2 aliphatic rings. The number of rotatable bonds is 0. The van der Waals surface area contributed by atoms with Crippen molar-refractivity contribution in [2.45, 2.75) is 38.7 Å². The second-order valence-corrected chi connectivity index (χ2v) is 3.84. The van der Waals surface area contributed by atoms with Crippen LogP contribution in [0.25, 0.3) is 0 Å². The Morgan fingerprint density at radius 3 is 2.22 bits per heavy atom. The topological polar surface area (TPSA) is 20.2 Å². The molecule has 1 N–H and O–H groups in total. The smallest absolute Gasteiger partial charge is 0.0622 e. The van der Waals surface area contributed by atoms with Crippen molar-refractivity contribution < 1.29 is 5.11 Å². The van der Waals surface area contributed by atoms with Crippen LogP contribution in [-0.2, 0) is 0 Å². The Morgan fingerprint density at radius 1 is 1.44 bits per heavy atom. The fourth-order valence-electron chi connectivity index (χ4n) is 2.45. The standard InChI is InChI=1S/C8H14O/c1-6-5-8(7(6)9)3-2-4-8/h6-7,9H,2-5H2,1H3. The molecule has 1 spiro atoms. The lowest BCUT2D eigenvalue weighted by Gasteiger charge is -2.57. The third-order valence-electron chi connectivity index (χ3n) is 3.24. The molecule has 0 aromatic rings. The highest BCUT2D eigenvalue weighted by molar-refractivity contribution is 5.04. The van der Waals surface area contributed by atoms with Gasteiger partial charge in [-0.25, -0.2) is 0 Å². The lowest BCUT2D eigenvalue weighted by Crippen LogP contribution is -2.55. The van der Waals surface area contributed by atoms with Gasteiger partial charge in [0.25, 0.3) is 0 Å². The van der Waals surface area contributed by atoms with E-state index in [1.54, 1.807) is 0 Å².